The smallest absolute Gasteiger partial charge is 0.229 e. The lowest BCUT2D eigenvalue weighted by Crippen LogP contribution is -2.11. The van der Waals surface area contributed by atoms with Gasteiger partial charge < -0.3 is 5.32 Å². The number of nitrogens with one attached hydrogen (secondary N) is 2. The molecule has 0 radical (unpaired) electrons. The quantitative estimate of drug-likeness (QED) is 0.642. The molecule has 0 aromatic heterocycles. The molecule has 0 saturated carbocycles. The minimum atomic E-state index is -3.47. The average molecular weight is 316 g/mol. The predicted molar refractivity (Wildman–Crippen MR) is 86.7 cm³/mol. The number of hydrogen-bond acceptors (Lipinski definition) is 3. The minimum Gasteiger partial charge on any atom is -0.385 e. The summed E-state index contributed by atoms with van der Waals surface area (Å²) in [6, 6.07) is 4.35. The van der Waals surface area contributed by atoms with Gasteiger partial charge in [0.05, 0.1) is 11.9 Å². The van der Waals surface area contributed by atoms with Crippen molar-refractivity contribution in [2.75, 3.05) is 22.8 Å². The first-order chi connectivity index (χ1) is 9.92. The zero-order valence-electron chi connectivity index (χ0n) is 12.8. The van der Waals surface area contributed by atoms with Gasteiger partial charge in [0.2, 0.25) is 10.0 Å². The summed E-state index contributed by atoms with van der Waals surface area (Å²) in [5, 5.41) is 3.19. The zero-order chi connectivity index (χ0) is 15.7. The molecular formula is C15H25FN2O2S. The topological polar surface area (TPSA) is 58.2 Å². The van der Waals surface area contributed by atoms with Gasteiger partial charge in [-0.15, -0.1) is 0 Å². The van der Waals surface area contributed by atoms with Crippen LogP contribution in [0, 0.1) is 5.82 Å². The van der Waals surface area contributed by atoms with Gasteiger partial charge in [-0.05, 0) is 24.6 Å². The summed E-state index contributed by atoms with van der Waals surface area (Å²) in [5.74, 6) is -0.578. The Balaban J connectivity index is 2.40. The number of sulfonamides is 1. The molecule has 0 saturated heterocycles. The molecule has 0 spiro atoms. The average Bonchev–Trinajstić information content (AvgIpc) is 2.39. The molecule has 0 amide bonds. The lowest BCUT2D eigenvalue weighted by Gasteiger charge is -2.10. The van der Waals surface area contributed by atoms with Crippen LogP contribution in [0.5, 0.6) is 0 Å². The van der Waals surface area contributed by atoms with E-state index in [1.165, 1.54) is 44.2 Å². The first kappa shape index (κ1) is 17.8. The van der Waals surface area contributed by atoms with E-state index in [0.717, 1.165) is 24.9 Å². The van der Waals surface area contributed by atoms with E-state index in [0.29, 0.717) is 0 Å². The van der Waals surface area contributed by atoms with Crippen molar-refractivity contribution in [3.8, 4) is 0 Å². The number of anilines is 2. The van der Waals surface area contributed by atoms with Crippen molar-refractivity contribution < 1.29 is 12.8 Å². The number of benzene rings is 1. The third-order valence-electron chi connectivity index (χ3n) is 3.12. The van der Waals surface area contributed by atoms with Gasteiger partial charge in [-0.25, -0.2) is 12.8 Å². The Bertz CT molecular complexity index is 532. The van der Waals surface area contributed by atoms with E-state index in [1.54, 1.807) is 6.07 Å². The molecule has 1 aromatic rings. The van der Waals surface area contributed by atoms with Crippen molar-refractivity contribution in [2.45, 2.75) is 45.4 Å². The molecule has 0 fully saturated rings. The van der Waals surface area contributed by atoms with Crippen LogP contribution in [-0.2, 0) is 10.0 Å². The summed E-state index contributed by atoms with van der Waals surface area (Å²) >= 11 is 0. The molecule has 0 aliphatic carbocycles. The summed E-state index contributed by atoms with van der Waals surface area (Å²) in [6.07, 6.45) is 8.26. The fourth-order valence-corrected chi connectivity index (χ4v) is 2.61. The first-order valence-corrected chi connectivity index (χ1v) is 9.32. The Labute approximate surface area is 127 Å². The Kier molecular flexibility index (Phi) is 7.50. The van der Waals surface area contributed by atoms with Gasteiger partial charge in [0.15, 0.2) is 0 Å². The Morgan fingerprint density at radius 3 is 2.43 bits per heavy atom. The van der Waals surface area contributed by atoms with Crippen molar-refractivity contribution in [1.29, 1.82) is 0 Å². The van der Waals surface area contributed by atoms with E-state index in [9.17, 15) is 12.8 Å². The molecule has 4 nitrogen and oxygen atoms in total. The van der Waals surface area contributed by atoms with Crippen LogP contribution in [0.15, 0.2) is 18.2 Å². The van der Waals surface area contributed by atoms with Crippen molar-refractivity contribution in [1.82, 2.24) is 0 Å². The molecule has 0 aliphatic rings. The number of hydrogen-bond donors (Lipinski definition) is 2. The second-order valence-electron chi connectivity index (χ2n) is 5.26. The largest absolute Gasteiger partial charge is 0.385 e. The Morgan fingerprint density at radius 1 is 1.10 bits per heavy atom. The maximum Gasteiger partial charge on any atom is 0.229 e. The highest BCUT2D eigenvalue weighted by Gasteiger charge is 2.08. The zero-order valence-corrected chi connectivity index (χ0v) is 13.6. The van der Waals surface area contributed by atoms with E-state index in [1.807, 2.05) is 0 Å². The lowest BCUT2D eigenvalue weighted by atomic mass is 10.1. The molecule has 120 valence electrons. The maximum absolute atomic E-state index is 13.5. The lowest BCUT2D eigenvalue weighted by molar-refractivity contribution is 0.603. The number of rotatable bonds is 10. The molecule has 0 aliphatic heterocycles. The molecule has 1 rings (SSSR count). The van der Waals surface area contributed by atoms with E-state index >= 15 is 0 Å². The summed E-state index contributed by atoms with van der Waals surface area (Å²) in [7, 11) is -3.47. The van der Waals surface area contributed by atoms with E-state index in [4.69, 9.17) is 0 Å². The standard InChI is InChI=1S/C15H25FN2O2S/c1-3-4-5-6-7-8-11-17-13-9-10-14(16)15(12-13)18-21(2,19)20/h9-10,12,17-18H,3-8,11H2,1-2H3. The second kappa shape index (κ2) is 8.87. The summed E-state index contributed by atoms with van der Waals surface area (Å²) < 4.78 is 38.0. The summed E-state index contributed by atoms with van der Waals surface area (Å²) in [6.45, 7) is 2.99. The van der Waals surface area contributed by atoms with E-state index in [2.05, 4.69) is 17.0 Å². The minimum absolute atomic E-state index is 0.0227. The summed E-state index contributed by atoms with van der Waals surface area (Å²) in [4.78, 5) is 0. The Morgan fingerprint density at radius 2 is 1.76 bits per heavy atom. The van der Waals surface area contributed by atoms with Gasteiger partial charge in [-0.3, -0.25) is 4.72 Å². The van der Waals surface area contributed by atoms with Gasteiger partial charge in [0.25, 0.3) is 0 Å². The molecule has 0 heterocycles. The maximum atomic E-state index is 13.5. The third kappa shape index (κ3) is 7.90. The first-order valence-electron chi connectivity index (χ1n) is 7.43. The van der Waals surface area contributed by atoms with Crippen LogP contribution in [0.25, 0.3) is 0 Å². The molecule has 0 bridgehead atoms. The van der Waals surface area contributed by atoms with Crippen LogP contribution in [0.1, 0.15) is 45.4 Å². The number of halogens is 1. The highest BCUT2D eigenvalue weighted by molar-refractivity contribution is 7.92. The van der Waals surface area contributed by atoms with Crippen LogP contribution in [-0.4, -0.2) is 21.2 Å². The van der Waals surface area contributed by atoms with E-state index in [-0.39, 0.29) is 5.69 Å². The van der Waals surface area contributed by atoms with Crippen molar-refractivity contribution in [2.24, 2.45) is 0 Å². The van der Waals surface area contributed by atoms with Crippen LogP contribution in [0.4, 0.5) is 15.8 Å². The summed E-state index contributed by atoms with van der Waals surface area (Å²) in [5.41, 5.74) is 0.696. The van der Waals surface area contributed by atoms with Crippen LogP contribution >= 0.6 is 0 Å². The van der Waals surface area contributed by atoms with E-state index < -0.39 is 15.8 Å². The monoisotopic (exact) mass is 316 g/mol. The fourth-order valence-electron chi connectivity index (χ4n) is 2.05. The molecule has 0 atom stereocenters. The SMILES string of the molecule is CCCCCCCCNc1ccc(F)c(NS(C)(=O)=O)c1. The predicted octanol–water partition coefficient (Wildman–Crippen LogP) is 3.97. The fraction of sp³-hybridized carbons (Fsp3) is 0.600. The molecule has 6 heteroatoms. The van der Waals surface area contributed by atoms with Crippen LogP contribution in [0.3, 0.4) is 0 Å². The highest BCUT2D eigenvalue weighted by Crippen LogP contribution is 2.20. The molecule has 0 unspecified atom stereocenters. The van der Waals surface area contributed by atoms with Crippen molar-refractivity contribution in [3.05, 3.63) is 24.0 Å². The van der Waals surface area contributed by atoms with Crippen LogP contribution in [0.2, 0.25) is 0 Å². The van der Waals surface area contributed by atoms with Gasteiger partial charge in [0, 0.05) is 12.2 Å². The third-order valence-corrected chi connectivity index (χ3v) is 3.71. The van der Waals surface area contributed by atoms with Crippen LogP contribution < -0.4 is 10.0 Å². The van der Waals surface area contributed by atoms with Crippen molar-refractivity contribution in [3.63, 3.8) is 0 Å². The molecular weight excluding hydrogens is 291 g/mol. The number of unbranched alkanes of at least 4 members (excludes halogenated alkanes) is 5. The Hall–Kier alpha value is -1.30. The van der Waals surface area contributed by atoms with Gasteiger partial charge >= 0.3 is 0 Å². The molecule has 2 N–H and O–H groups in total. The second-order valence-corrected chi connectivity index (χ2v) is 7.01. The van der Waals surface area contributed by atoms with Gasteiger partial charge in [-0.2, -0.15) is 0 Å². The molecule has 1 aromatic carbocycles. The molecule has 21 heavy (non-hydrogen) atoms. The normalized spacial score (nSPS) is 11.4. The van der Waals surface area contributed by atoms with Gasteiger partial charge in [-0.1, -0.05) is 39.0 Å². The van der Waals surface area contributed by atoms with Crippen molar-refractivity contribution >= 4 is 21.4 Å². The van der Waals surface area contributed by atoms with Gasteiger partial charge in [0.1, 0.15) is 5.82 Å². The highest BCUT2D eigenvalue weighted by atomic mass is 32.2.